The molecule has 0 saturated heterocycles. The molecule has 0 radical (unpaired) electrons. The smallest absolute Gasteiger partial charge is 0.123 e. The fourth-order valence-electron chi connectivity index (χ4n) is 5.47. The Morgan fingerprint density at radius 2 is 1.24 bits per heavy atom. The summed E-state index contributed by atoms with van der Waals surface area (Å²) < 4.78 is 6.52. The number of ether oxygens (including phenoxy) is 1. The first-order chi connectivity index (χ1) is 20.4. The summed E-state index contributed by atoms with van der Waals surface area (Å²) in [5.41, 5.74) is 9.04. The molecule has 2 unspecified atom stereocenters. The first-order valence-corrected chi connectivity index (χ1v) is 15.9. The van der Waals surface area contributed by atoms with Crippen LogP contribution in [0, 0.1) is 13.8 Å². The molecule has 42 heavy (non-hydrogen) atoms. The van der Waals surface area contributed by atoms with Crippen LogP contribution in [0.3, 0.4) is 0 Å². The van der Waals surface area contributed by atoms with Crippen molar-refractivity contribution in [3.05, 3.63) is 161 Å². The zero-order chi connectivity index (χ0) is 29.4. The first-order valence-electron chi connectivity index (χ1n) is 14.9. The standard InChI is InChI=1S/C39H42NOP/c1-5-39(4,35-26-30(2)24-25-37(35)41-29-34-21-13-8-14-22-34)42-38-31(3)16-15-23-36(38)40(27-32-17-9-6-10-18-32)28-33-19-11-7-12-20-33/h6-26,42H,5,27-29H2,1-4H3. The SMILES string of the molecule is CCC(C)(Pc1c(C)cccc1N(Cc1ccccc1)Cc1ccccc1)c1cc(C)ccc1OCc1ccccc1. The minimum atomic E-state index is -0.0793. The molecule has 0 amide bonds. The Morgan fingerprint density at radius 1 is 0.667 bits per heavy atom. The molecule has 0 aliphatic rings. The molecule has 5 aromatic carbocycles. The molecule has 0 heterocycles. The van der Waals surface area contributed by atoms with E-state index in [0.717, 1.165) is 25.3 Å². The van der Waals surface area contributed by atoms with Gasteiger partial charge in [-0.15, -0.1) is 0 Å². The second-order valence-corrected chi connectivity index (χ2v) is 13.2. The second-order valence-electron chi connectivity index (χ2n) is 11.4. The quantitative estimate of drug-likeness (QED) is 0.138. The highest BCUT2D eigenvalue weighted by atomic mass is 31.1. The zero-order valence-corrected chi connectivity index (χ0v) is 26.3. The number of benzene rings is 5. The van der Waals surface area contributed by atoms with Crippen molar-refractivity contribution in [3.63, 3.8) is 0 Å². The molecule has 0 fully saturated rings. The molecule has 5 aromatic rings. The van der Waals surface area contributed by atoms with Gasteiger partial charge >= 0.3 is 0 Å². The van der Waals surface area contributed by atoms with Crippen molar-refractivity contribution < 1.29 is 4.74 Å². The van der Waals surface area contributed by atoms with Gasteiger partial charge in [0.15, 0.2) is 0 Å². The fraction of sp³-hybridized carbons (Fsp3) is 0.231. The van der Waals surface area contributed by atoms with Crippen LogP contribution in [0.15, 0.2) is 127 Å². The van der Waals surface area contributed by atoms with E-state index < -0.39 is 0 Å². The van der Waals surface area contributed by atoms with Crippen LogP contribution in [0.4, 0.5) is 5.69 Å². The van der Waals surface area contributed by atoms with Gasteiger partial charge in [-0.25, -0.2) is 0 Å². The molecule has 0 bridgehead atoms. The monoisotopic (exact) mass is 571 g/mol. The number of anilines is 1. The summed E-state index contributed by atoms with van der Waals surface area (Å²) in [6.07, 6.45) is 1.02. The van der Waals surface area contributed by atoms with Gasteiger partial charge in [0.25, 0.3) is 0 Å². The summed E-state index contributed by atoms with van der Waals surface area (Å²) >= 11 is 0. The second kappa shape index (κ2) is 13.9. The molecule has 0 spiro atoms. The van der Waals surface area contributed by atoms with E-state index in [2.05, 4.69) is 160 Å². The van der Waals surface area contributed by atoms with Gasteiger partial charge in [0.05, 0.1) is 0 Å². The lowest BCUT2D eigenvalue weighted by molar-refractivity contribution is 0.299. The lowest BCUT2D eigenvalue weighted by Gasteiger charge is -2.35. The summed E-state index contributed by atoms with van der Waals surface area (Å²) in [7, 11) is 0.580. The summed E-state index contributed by atoms with van der Waals surface area (Å²) in [5, 5.41) is 1.36. The zero-order valence-electron chi connectivity index (χ0n) is 25.3. The number of aryl methyl sites for hydroxylation is 2. The topological polar surface area (TPSA) is 12.5 Å². The third kappa shape index (κ3) is 7.30. The summed E-state index contributed by atoms with van der Waals surface area (Å²) in [6, 6.07) is 45.6. The molecule has 5 rings (SSSR count). The Morgan fingerprint density at radius 3 is 1.81 bits per heavy atom. The Labute approximate surface area is 254 Å². The van der Waals surface area contributed by atoms with E-state index in [1.54, 1.807) is 0 Å². The third-order valence-corrected chi connectivity index (χ3v) is 10.2. The van der Waals surface area contributed by atoms with E-state index >= 15 is 0 Å². The molecule has 2 nitrogen and oxygen atoms in total. The molecule has 3 heteroatoms. The van der Waals surface area contributed by atoms with Gasteiger partial charge < -0.3 is 9.64 Å². The maximum atomic E-state index is 6.52. The van der Waals surface area contributed by atoms with E-state index in [4.69, 9.17) is 4.74 Å². The van der Waals surface area contributed by atoms with Crippen LogP contribution in [-0.2, 0) is 24.9 Å². The van der Waals surface area contributed by atoms with Crippen LogP contribution in [0.1, 0.15) is 53.6 Å². The highest BCUT2D eigenvalue weighted by Gasteiger charge is 2.31. The van der Waals surface area contributed by atoms with Crippen molar-refractivity contribution >= 4 is 19.6 Å². The van der Waals surface area contributed by atoms with E-state index in [9.17, 15) is 0 Å². The van der Waals surface area contributed by atoms with Crippen LogP contribution in [0.5, 0.6) is 5.75 Å². The molecular formula is C39H42NOP. The van der Waals surface area contributed by atoms with Crippen LogP contribution >= 0.6 is 8.58 Å². The van der Waals surface area contributed by atoms with Crippen LogP contribution in [0.25, 0.3) is 0 Å². The van der Waals surface area contributed by atoms with Gasteiger partial charge in [0.1, 0.15) is 12.4 Å². The van der Waals surface area contributed by atoms with Crippen molar-refractivity contribution in [2.45, 2.75) is 59.0 Å². The van der Waals surface area contributed by atoms with E-state index in [1.165, 1.54) is 44.4 Å². The summed E-state index contributed by atoms with van der Waals surface area (Å²) in [6.45, 7) is 11.5. The molecule has 0 saturated carbocycles. The molecular weight excluding hydrogens is 529 g/mol. The van der Waals surface area contributed by atoms with Gasteiger partial charge in [-0.3, -0.25) is 0 Å². The van der Waals surface area contributed by atoms with Gasteiger partial charge in [0.2, 0.25) is 0 Å². The van der Waals surface area contributed by atoms with Crippen molar-refractivity contribution in [3.8, 4) is 5.75 Å². The molecule has 214 valence electrons. The third-order valence-electron chi connectivity index (χ3n) is 8.10. The van der Waals surface area contributed by atoms with Crippen molar-refractivity contribution in [1.82, 2.24) is 0 Å². The van der Waals surface area contributed by atoms with Crippen molar-refractivity contribution in [2.75, 3.05) is 4.90 Å². The first kappa shape index (κ1) is 29.6. The van der Waals surface area contributed by atoms with Crippen LogP contribution in [-0.4, -0.2) is 0 Å². The lowest BCUT2D eigenvalue weighted by Crippen LogP contribution is -2.29. The Balaban J connectivity index is 1.52. The van der Waals surface area contributed by atoms with E-state index in [-0.39, 0.29) is 5.16 Å². The maximum Gasteiger partial charge on any atom is 0.123 e. The van der Waals surface area contributed by atoms with Crippen molar-refractivity contribution in [2.24, 2.45) is 0 Å². The number of hydrogen-bond donors (Lipinski definition) is 0. The minimum Gasteiger partial charge on any atom is -0.489 e. The van der Waals surface area contributed by atoms with Crippen LogP contribution < -0.4 is 14.9 Å². The van der Waals surface area contributed by atoms with Gasteiger partial charge in [-0.2, -0.15) is 0 Å². The predicted molar refractivity (Wildman–Crippen MR) is 181 cm³/mol. The minimum absolute atomic E-state index is 0.0793. The summed E-state index contributed by atoms with van der Waals surface area (Å²) in [4.78, 5) is 2.55. The van der Waals surface area contributed by atoms with Gasteiger partial charge in [0, 0.05) is 29.5 Å². The molecule has 0 aromatic heterocycles. The molecule has 0 aliphatic carbocycles. The number of nitrogens with zero attached hydrogens (tertiary/aromatic N) is 1. The van der Waals surface area contributed by atoms with Crippen LogP contribution in [0.2, 0.25) is 0 Å². The number of rotatable bonds is 12. The lowest BCUT2D eigenvalue weighted by atomic mass is 9.95. The number of hydrogen-bond acceptors (Lipinski definition) is 2. The van der Waals surface area contributed by atoms with Crippen molar-refractivity contribution in [1.29, 1.82) is 0 Å². The average molecular weight is 572 g/mol. The molecule has 0 aliphatic heterocycles. The van der Waals surface area contributed by atoms with Gasteiger partial charge in [-0.1, -0.05) is 143 Å². The molecule has 2 atom stereocenters. The van der Waals surface area contributed by atoms with E-state index in [1.807, 2.05) is 0 Å². The van der Waals surface area contributed by atoms with E-state index in [0.29, 0.717) is 15.2 Å². The molecule has 0 N–H and O–H groups in total. The highest BCUT2D eigenvalue weighted by molar-refractivity contribution is 7.49. The summed E-state index contributed by atoms with van der Waals surface area (Å²) in [5.74, 6) is 0.988. The largest absolute Gasteiger partial charge is 0.489 e. The highest BCUT2D eigenvalue weighted by Crippen LogP contribution is 2.49. The van der Waals surface area contributed by atoms with Gasteiger partial charge in [-0.05, 0) is 60.0 Å². The Kier molecular flexibility index (Phi) is 9.78. The maximum absolute atomic E-state index is 6.52. The Hall–Kier alpha value is -3.87. The normalized spacial score (nSPS) is 12.8. The Bertz CT molecular complexity index is 1530. The average Bonchev–Trinajstić information content (AvgIpc) is 3.02. The fourth-order valence-corrected chi connectivity index (χ4v) is 7.18. The predicted octanol–water partition coefficient (Wildman–Crippen LogP) is 9.72.